The van der Waals surface area contributed by atoms with Crippen LogP contribution >= 0.6 is 0 Å². The van der Waals surface area contributed by atoms with E-state index in [1.54, 1.807) is 24.3 Å². The Kier molecular flexibility index (Phi) is 2.17. The van der Waals surface area contributed by atoms with Gasteiger partial charge in [-0.15, -0.1) is 4.47 Å². The summed E-state index contributed by atoms with van der Waals surface area (Å²) in [6.45, 7) is 0. The molecule has 0 aromatic heterocycles. The van der Waals surface area contributed by atoms with Crippen LogP contribution in [0.2, 0.25) is 0 Å². The number of anilines is 1. The van der Waals surface area contributed by atoms with Crippen molar-refractivity contribution in [1.29, 1.82) is 0 Å². The highest BCUT2D eigenvalue weighted by atomic mass is 32.1. The average molecular weight is 154 g/mol. The fraction of sp³-hybridized carbons (Fsp3) is 0. The topological polar surface area (TPSA) is 44.6 Å². The van der Waals surface area contributed by atoms with Crippen molar-refractivity contribution in [2.24, 2.45) is 4.47 Å². The van der Waals surface area contributed by atoms with Crippen molar-refractivity contribution in [2.75, 3.05) is 5.43 Å². The number of phenols is 1. The Bertz CT molecular complexity index is 239. The lowest BCUT2D eigenvalue weighted by molar-refractivity contribution is 0.477. The van der Waals surface area contributed by atoms with E-state index in [1.165, 1.54) is 0 Å². The van der Waals surface area contributed by atoms with E-state index in [0.717, 1.165) is 0 Å². The lowest BCUT2D eigenvalue weighted by Crippen LogP contribution is -1.84. The first-order valence-corrected chi connectivity index (χ1v) is 3.07. The van der Waals surface area contributed by atoms with E-state index in [-0.39, 0.29) is 5.75 Å². The molecule has 0 atom stereocenters. The van der Waals surface area contributed by atoms with Gasteiger partial charge in [0.25, 0.3) is 0 Å². The molecule has 4 heteroatoms. The van der Waals surface area contributed by atoms with Crippen LogP contribution in [0.1, 0.15) is 0 Å². The van der Waals surface area contributed by atoms with Crippen LogP contribution in [0.25, 0.3) is 0 Å². The molecule has 3 nitrogen and oxygen atoms in total. The SMILES string of the molecule is Oc1ccccc1NN=S. The van der Waals surface area contributed by atoms with Crippen molar-refractivity contribution < 1.29 is 5.11 Å². The molecule has 0 radical (unpaired) electrons. The molecular weight excluding hydrogens is 148 g/mol. The molecule has 10 heavy (non-hydrogen) atoms. The molecule has 0 spiro atoms. The van der Waals surface area contributed by atoms with Gasteiger partial charge in [-0.25, -0.2) is 0 Å². The van der Waals surface area contributed by atoms with E-state index < -0.39 is 0 Å². The van der Waals surface area contributed by atoms with Gasteiger partial charge in [-0.05, 0) is 12.1 Å². The van der Waals surface area contributed by atoms with E-state index in [2.05, 4.69) is 22.3 Å². The molecule has 1 rings (SSSR count). The number of nitrogens with one attached hydrogen (secondary N) is 1. The van der Waals surface area contributed by atoms with Crippen LogP contribution in [0.5, 0.6) is 5.75 Å². The van der Waals surface area contributed by atoms with E-state index in [1.807, 2.05) is 0 Å². The summed E-state index contributed by atoms with van der Waals surface area (Å²) in [4.78, 5) is 0. The summed E-state index contributed by atoms with van der Waals surface area (Å²) in [5.74, 6) is 0.149. The third kappa shape index (κ3) is 1.41. The van der Waals surface area contributed by atoms with E-state index in [0.29, 0.717) is 5.69 Å². The number of aromatic hydroxyl groups is 1. The van der Waals surface area contributed by atoms with Crippen LogP contribution in [0.3, 0.4) is 0 Å². The normalized spacial score (nSPS) is 8.80. The third-order valence-corrected chi connectivity index (χ3v) is 1.16. The Morgan fingerprint density at radius 3 is 2.70 bits per heavy atom. The molecule has 0 bridgehead atoms. The van der Waals surface area contributed by atoms with Crippen LogP contribution in [0, 0.1) is 0 Å². The summed E-state index contributed by atoms with van der Waals surface area (Å²) in [5.41, 5.74) is 2.99. The number of hydrogen-bond donors (Lipinski definition) is 2. The second-order valence-electron chi connectivity index (χ2n) is 1.72. The maximum atomic E-state index is 9.07. The summed E-state index contributed by atoms with van der Waals surface area (Å²) >= 11 is 4.30. The largest absolute Gasteiger partial charge is 0.506 e. The second-order valence-corrected chi connectivity index (χ2v) is 1.90. The lowest BCUT2D eigenvalue weighted by Gasteiger charge is -1.98. The van der Waals surface area contributed by atoms with Crippen molar-refractivity contribution in [1.82, 2.24) is 0 Å². The van der Waals surface area contributed by atoms with Gasteiger partial charge in [0.05, 0.1) is 18.1 Å². The van der Waals surface area contributed by atoms with Crippen LogP contribution in [-0.2, 0) is 12.4 Å². The number of hydrogen-bond acceptors (Lipinski definition) is 3. The van der Waals surface area contributed by atoms with Crippen molar-refractivity contribution >= 4 is 18.1 Å². The lowest BCUT2D eigenvalue weighted by atomic mass is 10.3. The highest BCUT2D eigenvalue weighted by Gasteiger charge is 1.94. The van der Waals surface area contributed by atoms with Gasteiger partial charge in [0.2, 0.25) is 0 Å². The molecule has 0 fully saturated rings. The van der Waals surface area contributed by atoms with Crippen molar-refractivity contribution in [3.05, 3.63) is 24.3 Å². The predicted octanol–water partition coefficient (Wildman–Crippen LogP) is 1.45. The van der Waals surface area contributed by atoms with Crippen LogP contribution in [0.4, 0.5) is 5.69 Å². The van der Waals surface area contributed by atoms with Gasteiger partial charge in [-0.1, -0.05) is 12.1 Å². The fourth-order valence-electron chi connectivity index (χ4n) is 0.617. The van der Waals surface area contributed by atoms with Gasteiger partial charge in [-0.3, -0.25) is 5.43 Å². The zero-order chi connectivity index (χ0) is 7.40. The van der Waals surface area contributed by atoms with E-state index in [4.69, 9.17) is 5.11 Å². The molecule has 2 N–H and O–H groups in total. The van der Waals surface area contributed by atoms with E-state index in [9.17, 15) is 0 Å². The van der Waals surface area contributed by atoms with Gasteiger partial charge in [0.1, 0.15) is 5.75 Å². The van der Waals surface area contributed by atoms with Crippen molar-refractivity contribution in [2.45, 2.75) is 0 Å². The number of phenolic OH excluding ortho intramolecular Hbond substituents is 1. The number of rotatable bonds is 2. The molecule has 0 aliphatic rings. The molecule has 0 unspecified atom stereocenters. The second kappa shape index (κ2) is 3.12. The molecule has 1 aromatic carbocycles. The summed E-state index contributed by atoms with van der Waals surface area (Å²) < 4.78 is 3.24. The zero-order valence-electron chi connectivity index (χ0n) is 5.11. The van der Waals surface area contributed by atoms with Crippen molar-refractivity contribution in [3.63, 3.8) is 0 Å². The van der Waals surface area contributed by atoms with Crippen LogP contribution in [0.15, 0.2) is 28.7 Å². The standard InChI is InChI=1S/C6H6N2OS/c9-6-4-2-1-3-5(6)7-8-10/h1-4,9H,(H,7,10). The highest BCUT2D eigenvalue weighted by Crippen LogP contribution is 2.20. The Labute approximate surface area is 63.8 Å². The number of para-hydroxylation sites is 2. The monoisotopic (exact) mass is 154 g/mol. The number of nitrogens with zero attached hydrogens (tertiary/aromatic N) is 1. The molecule has 0 saturated heterocycles. The minimum Gasteiger partial charge on any atom is -0.506 e. The highest BCUT2D eigenvalue weighted by molar-refractivity contribution is 7.47. The van der Waals surface area contributed by atoms with Crippen LogP contribution < -0.4 is 5.43 Å². The summed E-state index contributed by atoms with van der Waals surface area (Å²) in [5, 5.41) is 9.07. The third-order valence-electron chi connectivity index (χ3n) is 1.07. The Hall–Kier alpha value is -1.16. The Morgan fingerprint density at radius 2 is 2.10 bits per heavy atom. The van der Waals surface area contributed by atoms with Gasteiger partial charge < -0.3 is 5.11 Å². The maximum absolute atomic E-state index is 9.07. The molecule has 52 valence electrons. The zero-order valence-corrected chi connectivity index (χ0v) is 5.93. The van der Waals surface area contributed by atoms with Gasteiger partial charge in [0, 0.05) is 0 Å². The molecule has 0 saturated carbocycles. The maximum Gasteiger partial charge on any atom is 0.140 e. The molecular formula is C6H6N2OS. The first-order valence-electron chi connectivity index (χ1n) is 2.71. The molecule has 0 aliphatic heterocycles. The minimum atomic E-state index is 0.149. The molecule has 0 aliphatic carbocycles. The quantitative estimate of drug-likeness (QED) is 0.500. The van der Waals surface area contributed by atoms with Crippen molar-refractivity contribution in [3.8, 4) is 5.75 Å². The summed E-state index contributed by atoms with van der Waals surface area (Å²) in [7, 11) is 0. The smallest absolute Gasteiger partial charge is 0.140 e. The number of benzene rings is 1. The van der Waals surface area contributed by atoms with Gasteiger partial charge in [0.15, 0.2) is 0 Å². The minimum absolute atomic E-state index is 0.149. The van der Waals surface area contributed by atoms with Crippen LogP contribution in [-0.4, -0.2) is 5.11 Å². The molecule has 0 amide bonds. The summed E-state index contributed by atoms with van der Waals surface area (Å²) in [6, 6.07) is 6.75. The average Bonchev–Trinajstić information content (AvgIpc) is 1.94. The van der Waals surface area contributed by atoms with Gasteiger partial charge >= 0.3 is 0 Å². The summed E-state index contributed by atoms with van der Waals surface area (Å²) in [6.07, 6.45) is 0. The molecule has 1 aromatic rings. The molecule has 0 heterocycles. The predicted molar refractivity (Wildman–Crippen MR) is 41.5 cm³/mol. The first-order chi connectivity index (χ1) is 4.84. The Balaban J connectivity index is 2.91. The fourth-order valence-corrected chi connectivity index (χ4v) is 0.716. The van der Waals surface area contributed by atoms with Gasteiger partial charge in [-0.2, -0.15) is 0 Å². The Morgan fingerprint density at radius 1 is 1.40 bits per heavy atom. The first kappa shape index (κ1) is 6.95. The van der Waals surface area contributed by atoms with E-state index >= 15 is 0 Å².